The highest BCUT2D eigenvalue weighted by Gasteiger charge is 2.03. The van der Waals surface area contributed by atoms with E-state index >= 15 is 0 Å². The summed E-state index contributed by atoms with van der Waals surface area (Å²) in [5.74, 6) is -0.742. The van der Waals surface area contributed by atoms with Gasteiger partial charge in [0.05, 0.1) is 5.69 Å². The number of rotatable bonds is 5. The summed E-state index contributed by atoms with van der Waals surface area (Å²) in [6, 6.07) is 2.31. The number of hydrogen-bond donors (Lipinski definition) is 1. The third-order valence-electron chi connectivity index (χ3n) is 2.02. The van der Waals surface area contributed by atoms with Gasteiger partial charge in [0, 0.05) is 18.7 Å². The number of carbonyl (C=O) groups is 1. The van der Waals surface area contributed by atoms with E-state index in [0.717, 1.165) is 12.1 Å². The molecule has 0 aliphatic rings. The smallest absolute Gasteiger partial charge is 0.303 e. The van der Waals surface area contributed by atoms with Gasteiger partial charge >= 0.3 is 5.97 Å². The van der Waals surface area contributed by atoms with Crippen molar-refractivity contribution in [3.63, 3.8) is 0 Å². The van der Waals surface area contributed by atoms with Gasteiger partial charge in [-0.15, -0.1) is 0 Å². The van der Waals surface area contributed by atoms with Crippen molar-refractivity contribution < 1.29 is 9.90 Å². The van der Waals surface area contributed by atoms with Crippen molar-refractivity contribution >= 4 is 5.97 Å². The van der Waals surface area contributed by atoms with Crippen LogP contribution in [-0.2, 0) is 11.2 Å². The van der Waals surface area contributed by atoms with E-state index in [4.69, 9.17) is 5.11 Å². The van der Waals surface area contributed by atoms with E-state index in [0.29, 0.717) is 12.5 Å². The first-order chi connectivity index (χ1) is 6.59. The van der Waals surface area contributed by atoms with Crippen LogP contribution in [0.2, 0.25) is 0 Å². The Kier molecular flexibility index (Phi) is 3.68. The highest BCUT2D eigenvalue weighted by atomic mass is 16.4. The zero-order valence-electron chi connectivity index (χ0n) is 8.60. The monoisotopic (exact) mass is 196 g/mol. The normalized spacial score (nSPS) is 10.8. The molecule has 0 saturated heterocycles. The number of aliphatic carboxylic acids is 1. The molecular formula is C10H16N2O2. The number of aromatic nitrogens is 2. The van der Waals surface area contributed by atoms with Crippen LogP contribution in [0.15, 0.2) is 12.3 Å². The number of carboxylic acid groups (broad SMARTS) is 1. The quantitative estimate of drug-likeness (QED) is 0.782. The molecule has 1 aromatic rings. The minimum absolute atomic E-state index is 0.217. The summed E-state index contributed by atoms with van der Waals surface area (Å²) in [4.78, 5) is 10.3. The van der Waals surface area contributed by atoms with Crippen molar-refractivity contribution in [3.8, 4) is 0 Å². The highest BCUT2D eigenvalue weighted by Crippen LogP contribution is 2.06. The van der Waals surface area contributed by atoms with Gasteiger partial charge in [0.2, 0.25) is 0 Å². The van der Waals surface area contributed by atoms with Crippen LogP contribution in [0.5, 0.6) is 0 Å². The van der Waals surface area contributed by atoms with Gasteiger partial charge in [0.1, 0.15) is 0 Å². The Balaban J connectivity index is 2.40. The lowest BCUT2D eigenvalue weighted by Crippen LogP contribution is -2.02. The molecule has 1 aromatic heterocycles. The van der Waals surface area contributed by atoms with Crippen molar-refractivity contribution in [2.24, 2.45) is 0 Å². The average Bonchev–Trinajstić information content (AvgIpc) is 2.52. The second-order valence-corrected chi connectivity index (χ2v) is 3.63. The van der Waals surface area contributed by atoms with Crippen molar-refractivity contribution in [3.05, 3.63) is 18.0 Å². The lowest BCUT2D eigenvalue weighted by molar-refractivity contribution is -0.137. The summed E-state index contributed by atoms with van der Waals surface area (Å²) in [5, 5.41) is 12.8. The van der Waals surface area contributed by atoms with Crippen LogP contribution in [-0.4, -0.2) is 20.9 Å². The summed E-state index contributed by atoms with van der Waals surface area (Å²) in [6.07, 6.45) is 3.55. The molecule has 0 fully saturated rings. The Morgan fingerprint density at radius 1 is 1.64 bits per heavy atom. The Morgan fingerprint density at radius 3 is 2.86 bits per heavy atom. The molecule has 0 amide bonds. The van der Waals surface area contributed by atoms with E-state index in [9.17, 15) is 4.79 Å². The van der Waals surface area contributed by atoms with Gasteiger partial charge in [-0.2, -0.15) is 5.10 Å². The van der Waals surface area contributed by atoms with E-state index in [1.807, 2.05) is 16.9 Å². The molecule has 1 heterocycles. The standard InChI is InChI=1S/C10H16N2O2/c1-8(2)12-7-6-9(11-12)4-3-5-10(13)14/h6-8H,3-5H2,1-2H3,(H,13,14). The zero-order valence-corrected chi connectivity index (χ0v) is 8.60. The van der Waals surface area contributed by atoms with Gasteiger partial charge < -0.3 is 5.11 Å². The summed E-state index contributed by atoms with van der Waals surface area (Å²) >= 11 is 0. The molecule has 0 saturated carbocycles. The third-order valence-corrected chi connectivity index (χ3v) is 2.02. The second kappa shape index (κ2) is 4.79. The van der Waals surface area contributed by atoms with E-state index < -0.39 is 5.97 Å². The fourth-order valence-corrected chi connectivity index (χ4v) is 1.22. The largest absolute Gasteiger partial charge is 0.481 e. The Hall–Kier alpha value is -1.32. The summed E-state index contributed by atoms with van der Waals surface area (Å²) in [5.41, 5.74) is 0.972. The van der Waals surface area contributed by atoms with Crippen molar-refractivity contribution in [1.82, 2.24) is 9.78 Å². The lowest BCUT2D eigenvalue weighted by Gasteiger charge is -2.03. The molecule has 0 atom stereocenters. The average molecular weight is 196 g/mol. The zero-order chi connectivity index (χ0) is 10.6. The molecule has 1 rings (SSSR count). The van der Waals surface area contributed by atoms with E-state index in [1.165, 1.54) is 0 Å². The van der Waals surface area contributed by atoms with Crippen LogP contribution >= 0.6 is 0 Å². The number of hydrogen-bond acceptors (Lipinski definition) is 2. The van der Waals surface area contributed by atoms with Gasteiger partial charge in [-0.3, -0.25) is 9.48 Å². The van der Waals surface area contributed by atoms with Crippen molar-refractivity contribution in [2.45, 2.75) is 39.2 Å². The number of carboxylic acids is 1. The highest BCUT2D eigenvalue weighted by molar-refractivity contribution is 5.66. The first-order valence-corrected chi connectivity index (χ1v) is 4.85. The van der Waals surface area contributed by atoms with Crippen LogP contribution < -0.4 is 0 Å². The molecule has 0 aliphatic heterocycles. The molecule has 78 valence electrons. The first-order valence-electron chi connectivity index (χ1n) is 4.85. The fourth-order valence-electron chi connectivity index (χ4n) is 1.22. The minimum Gasteiger partial charge on any atom is -0.481 e. The molecule has 14 heavy (non-hydrogen) atoms. The minimum atomic E-state index is -0.742. The fraction of sp³-hybridized carbons (Fsp3) is 0.600. The van der Waals surface area contributed by atoms with Gasteiger partial charge in [-0.25, -0.2) is 0 Å². The van der Waals surface area contributed by atoms with Gasteiger partial charge in [0.15, 0.2) is 0 Å². The lowest BCUT2D eigenvalue weighted by atomic mass is 10.2. The Morgan fingerprint density at radius 2 is 2.36 bits per heavy atom. The predicted molar refractivity (Wildman–Crippen MR) is 53.2 cm³/mol. The first kappa shape index (κ1) is 10.8. The predicted octanol–water partition coefficient (Wildman–Crippen LogP) is 1.87. The molecule has 0 bridgehead atoms. The molecule has 0 aromatic carbocycles. The summed E-state index contributed by atoms with van der Waals surface area (Å²) in [7, 11) is 0. The summed E-state index contributed by atoms with van der Waals surface area (Å²) in [6.45, 7) is 4.13. The molecule has 0 unspecified atom stereocenters. The van der Waals surface area contributed by atoms with Gasteiger partial charge in [-0.1, -0.05) is 0 Å². The SMILES string of the molecule is CC(C)n1ccc(CCCC(=O)O)n1. The topological polar surface area (TPSA) is 55.1 Å². The van der Waals surface area contributed by atoms with Gasteiger partial charge in [-0.05, 0) is 32.8 Å². The van der Waals surface area contributed by atoms with Gasteiger partial charge in [0.25, 0.3) is 0 Å². The molecular weight excluding hydrogens is 180 g/mol. The van der Waals surface area contributed by atoms with E-state index in [-0.39, 0.29) is 6.42 Å². The molecule has 0 spiro atoms. The Bertz CT molecular complexity index is 305. The maximum Gasteiger partial charge on any atom is 0.303 e. The van der Waals surface area contributed by atoms with E-state index in [2.05, 4.69) is 18.9 Å². The van der Waals surface area contributed by atoms with Crippen molar-refractivity contribution in [2.75, 3.05) is 0 Å². The van der Waals surface area contributed by atoms with Crippen LogP contribution in [0, 0.1) is 0 Å². The maximum absolute atomic E-state index is 10.3. The molecule has 1 N–H and O–H groups in total. The van der Waals surface area contributed by atoms with Crippen molar-refractivity contribution in [1.29, 1.82) is 0 Å². The van der Waals surface area contributed by atoms with Crippen LogP contribution in [0.25, 0.3) is 0 Å². The molecule has 4 nitrogen and oxygen atoms in total. The third kappa shape index (κ3) is 3.20. The van der Waals surface area contributed by atoms with Crippen LogP contribution in [0.3, 0.4) is 0 Å². The second-order valence-electron chi connectivity index (χ2n) is 3.63. The number of nitrogens with zero attached hydrogens (tertiary/aromatic N) is 2. The van der Waals surface area contributed by atoms with E-state index in [1.54, 1.807) is 0 Å². The summed E-state index contributed by atoms with van der Waals surface area (Å²) < 4.78 is 1.89. The van der Waals surface area contributed by atoms with Crippen LogP contribution in [0.4, 0.5) is 0 Å². The maximum atomic E-state index is 10.3. The molecule has 0 radical (unpaired) electrons. The van der Waals surface area contributed by atoms with Crippen LogP contribution in [0.1, 0.15) is 38.4 Å². The number of aryl methyl sites for hydroxylation is 1. The molecule has 0 aliphatic carbocycles. The molecule has 4 heteroatoms. The Labute approximate surface area is 83.5 Å².